The van der Waals surface area contributed by atoms with Gasteiger partial charge in [0.1, 0.15) is 6.54 Å². The minimum absolute atomic E-state index is 1.21. The molecule has 0 spiro atoms. The van der Waals surface area contributed by atoms with Crippen LogP contribution in [0, 0.1) is 0 Å². The third-order valence-corrected chi connectivity index (χ3v) is 5.07. The van der Waals surface area contributed by atoms with E-state index in [1.165, 1.54) is 109 Å². The standard InChI is InChI=1S/C23H42N/c1-3-5-7-9-11-12-13-15-19-23-20-16-18-22-24(23)21-17-14-10-8-6-4-2/h16,18,20,22H,3-15,17,19,21H2,1-2H3/q+1. The van der Waals surface area contributed by atoms with Crippen LogP contribution in [0.4, 0.5) is 0 Å². The molecule has 1 rings (SSSR count). The Kier molecular flexibility index (Phi) is 13.8. The molecular weight excluding hydrogens is 290 g/mol. The Balaban J connectivity index is 2.14. The molecule has 0 radical (unpaired) electrons. The first-order valence-electron chi connectivity index (χ1n) is 10.9. The van der Waals surface area contributed by atoms with Crippen LogP contribution in [0.2, 0.25) is 0 Å². The fourth-order valence-electron chi connectivity index (χ4n) is 3.46. The Labute approximate surface area is 151 Å². The zero-order valence-electron chi connectivity index (χ0n) is 16.6. The van der Waals surface area contributed by atoms with Crippen LogP contribution in [0.1, 0.15) is 109 Å². The Bertz CT molecular complexity index is 385. The molecule has 0 saturated heterocycles. The number of hydrogen-bond acceptors (Lipinski definition) is 0. The maximum atomic E-state index is 2.50. The number of unbranched alkanes of at least 4 members (excludes halogenated alkanes) is 12. The van der Waals surface area contributed by atoms with E-state index < -0.39 is 0 Å². The van der Waals surface area contributed by atoms with Crippen molar-refractivity contribution in [2.45, 2.75) is 117 Å². The van der Waals surface area contributed by atoms with E-state index in [9.17, 15) is 0 Å². The maximum Gasteiger partial charge on any atom is 0.181 e. The number of aromatic nitrogens is 1. The number of rotatable bonds is 16. The number of pyridine rings is 1. The fraction of sp³-hybridized carbons (Fsp3) is 0.783. The number of nitrogens with zero attached hydrogens (tertiary/aromatic N) is 1. The van der Waals surface area contributed by atoms with Crippen LogP contribution in [0.15, 0.2) is 24.4 Å². The van der Waals surface area contributed by atoms with Crippen molar-refractivity contribution in [3.63, 3.8) is 0 Å². The molecule has 1 heteroatoms. The number of aryl methyl sites for hydroxylation is 2. The molecule has 1 heterocycles. The predicted molar refractivity (Wildman–Crippen MR) is 106 cm³/mol. The number of hydrogen-bond donors (Lipinski definition) is 0. The highest BCUT2D eigenvalue weighted by molar-refractivity contribution is 4.97. The lowest BCUT2D eigenvalue weighted by atomic mass is 10.1. The summed E-state index contributed by atoms with van der Waals surface area (Å²) < 4.78 is 2.50. The van der Waals surface area contributed by atoms with E-state index in [1.54, 1.807) is 0 Å². The van der Waals surface area contributed by atoms with E-state index in [4.69, 9.17) is 0 Å². The normalized spacial score (nSPS) is 11.1. The van der Waals surface area contributed by atoms with E-state index in [1.807, 2.05) is 0 Å². The summed E-state index contributed by atoms with van der Waals surface area (Å²) in [5.74, 6) is 0. The second-order valence-corrected chi connectivity index (χ2v) is 7.38. The molecule has 0 amide bonds. The quantitative estimate of drug-likeness (QED) is 0.226. The summed E-state index contributed by atoms with van der Waals surface area (Å²) in [7, 11) is 0. The average Bonchev–Trinajstić information content (AvgIpc) is 2.61. The van der Waals surface area contributed by atoms with Gasteiger partial charge in [-0.15, -0.1) is 0 Å². The molecule has 0 saturated carbocycles. The van der Waals surface area contributed by atoms with E-state index >= 15 is 0 Å². The van der Waals surface area contributed by atoms with Crippen LogP contribution in [0.5, 0.6) is 0 Å². The first kappa shape index (κ1) is 21.2. The van der Waals surface area contributed by atoms with Crippen molar-refractivity contribution in [2.24, 2.45) is 0 Å². The van der Waals surface area contributed by atoms with Gasteiger partial charge < -0.3 is 0 Å². The molecule has 0 aliphatic rings. The van der Waals surface area contributed by atoms with Gasteiger partial charge in [-0.05, 0) is 12.8 Å². The van der Waals surface area contributed by atoms with Crippen LogP contribution in [0.3, 0.4) is 0 Å². The highest BCUT2D eigenvalue weighted by Gasteiger charge is 2.08. The van der Waals surface area contributed by atoms with Crippen LogP contribution in [-0.2, 0) is 13.0 Å². The van der Waals surface area contributed by atoms with E-state index in [0.717, 1.165) is 0 Å². The van der Waals surface area contributed by atoms with Gasteiger partial charge in [0.05, 0.1) is 0 Å². The first-order chi connectivity index (χ1) is 11.9. The van der Waals surface area contributed by atoms with Crippen LogP contribution < -0.4 is 4.57 Å². The molecule has 0 fully saturated rings. The third-order valence-electron chi connectivity index (χ3n) is 5.07. The SMILES string of the molecule is CCCCCCCCCCc1cccc[n+]1CCCCCCCC. The van der Waals surface area contributed by atoms with Gasteiger partial charge in [-0.3, -0.25) is 0 Å². The summed E-state index contributed by atoms with van der Waals surface area (Å²) in [6.07, 6.45) is 23.1. The van der Waals surface area contributed by atoms with Crippen LogP contribution in [0.25, 0.3) is 0 Å². The van der Waals surface area contributed by atoms with Gasteiger partial charge in [0.2, 0.25) is 0 Å². The molecule has 24 heavy (non-hydrogen) atoms. The van der Waals surface area contributed by atoms with Crippen molar-refractivity contribution < 1.29 is 4.57 Å². The van der Waals surface area contributed by atoms with Crippen molar-refractivity contribution in [1.82, 2.24) is 0 Å². The summed E-state index contributed by atoms with van der Waals surface area (Å²) in [6.45, 7) is 5.79. The van der Waals surface area contributed by atoms with Gasteiger partial charge in [0.15, 0.2) is 11.9 Å². The Hall–Kier alpha value is -0.850. The summed E-state index contributed by atoms with van der Waals surface area (Å²) in [6, 6.07) is 6.73. The van der Waals surface area contributed by atoms with Gasteiger partial charge in [-0.1, -0.05) is 90.5 Å². The molecule has 138 valence electrons. The van der Waals surface area contributed by atoms with E-state index in [0.29, 0.717) is 0 Å². The van der Waals surface area contributed by atoms with Gasteiger partial charge in [0.25, 0.3) is 0 Å². The highest BCUT2D eigenvalue weighted by atomic mass is 14.9. The summed E-state index contributed by atoms with van der Waals surface area (Å²) >= 11 is 0. The molecule has 0 N–H and O–H groups in total. The molecule has 0 unspecified atom stereocenters. The van der Waals surface area contributed by atoms with Gasteiger partial charge >= 0.3 is 0 Å². The van der Waals surface area contributed by atoms with Gasteiger partial charge in [-0.25, -0.2) is 4.57 Å². The molecule has 0 bridgehead atoms. The van der Waals surface area contributed by atoms with Gasteiger partial charge in [-0.2, -0.15) is 0 Å². The second kappa shape index (κ2) is 15.7. The maximum absolute atomic E-state index is 2.50. The Morgan fingerprint density at radius 2 is 1.17 bits per heavy atom. The van der Waals surface area contributed by atoms with Gasteiger partial charge in [0, 0.05) is 25.0 Å². The predicted octanol–water partition coefficient (Wildman–Crippen LogP) is 7.02. The van der Waals surface area contributed by atoms with Crippen LogP contribution in [-0.4, -0.2) is 0 Å². The lowest BCUT2D eigenvalue weighted by Crippen LogP contribution is -2.37. The topological polar surface area (TPSA) is 3.88 Å². The minimum atomic E-state index is 1.21. The third kappa shape index (κ3) is 10.8. The molecule has 0 atom stereocenters. The van der Waals surface area contributed by atoms with Crippen molar-refractivity contribution in [2.75, 3.05) is 0 Å². The minimum Gasteiger partial charge on any atom is -0.202 e. The smallest absolute Gasteiger partial charge is 0.181 e. The molecule has 1 nitrogen and oxygen atoms in total. The molecule has 1 aromatic heterocycles. The van der Waals surface area contributed by atoms with Crippen molar-refractivity contribution in [1.29, 1.82) is 0 Å². The monoisotopic (exact) mass is 332 g/mol. The highest BCUT2D eigenvalue weighted by Crippen LogP contribution is 2.10. The summed E-state index contributed by atoms with van der Waals surface area (Å²) in [4.78, 5) is 0. The van der Waals surface area contributed by atoms with Crippen molar-refractivity contribution >= 4 is 0 Å². The van der Waals surface area contributed by atoms with Crippen molar-refractivity contribution in [3.8, 4) is 0 Å². The zero-order valence-corrected chi connectivity index (χ0v) is 16.6. The molecule has 0 aromatic carbocycles. The molecule has 0 aliphatic heterocycles. The Morgan fingerprint density at radius 3 is 1.79 bits per heavy atom. The fourth-order valence-corrected chi connectivity index (χ4v) is 3.46. The largest absolute Gasteiger partial charge is 0.202 e. The van der Waals surface area contributed by atoms with E-state index in [2.05, 4.69) is 42.8 Å². The zero-order chi connectivity index (χ0) is 17.3. The Morgan fingerprint density at radius 1 is 0.625 bits per heavy atom. The second-order valence-electron chi connectivity index (χ2n) is 7.38. The lowest BCUT2D eigenvalue weighted by molar-refractivity contribution is -0.704. The lowest BCUT2D eigenvalue weighted by Gasteiger charge is -2.05. The summed E-state index contributed by atoms with van der Waals surface area (Å²) in [5, 5.41) is 0. The van der Waals surface area contributed by atoms with E-state index in [-0.39, 0.29) is 0 Å². The molecular formula is C23H42N+. The molecule has 0 aliphatic carbocycles. The van der Waals surface area contributed by atoms with Crippen molar-refractivity contribution in [3.05, 3.63) is 30.1 Å². The molecule has 1 aromatic rings. The average molecular weight is 333 g/mol. The first-order valence-corrected chi connectivity index (χ1v) is 10.9. The summed E-state index contributed by atoms with van der Waals surface area (Å²) in [5.41, 5.74) is 1.54. The van der Waals surface area contributed by atoms with Crippen LogP contribution >= 0.6 is 0 Å².